The molecule has 0 atom stereocenters. The lowest BCUT2D eigenvalue weighted by atomic mass is 10.1. The van der Waals surface area contributed by atoms with Crippen LogP contribution in [0.4, 0.5) is 24.7 Å². The van der Waals surface area contributed by atoms with Crippen molar-refractivity contribution in [3.8, 4) is 11.8 Å². The summed E-state index contributed by atoms with van der Waals surface area (Å²) in [7, 11) is 0. The van der Waals surface area contributed by atoms with Crippen molar-refractivity contribution >= 4 is 28.1 Å². The average molecular weight is 433 g/mol. The van der Waals surface area contributed by atoms with Crippen molar-refractivity contribution in [1.82, 2.24) is 19.8 Å². The van der Waals surface area contributed by atoms with Crippen LogP contribution in [0.2, 0.25) is 0 Å². The SMILES string of the molecule is Cc1ccc2c(Nc3cccc(C(F)(F)F)c3)noc2c1C#Cc1cnc2cccnn12. The van der Waals surface area contributed by atoms with E-state index in [-0.39, 0.29) is 5.69 Å². The van der Waals surface area contributed by atoms with Gasteiger partial charge in [-0.05, 0) is 54.8 Å². The summed E-state index contributed by atoms with van der Waals surface area (Å²) in [4.78, 5) is 4.26. The molecule has 0 saturated carbocycles. The fourth-order valence-corrected chi connectivity index (χ4v) is 3.30. The second kappa shape index (κ2) is 7.42. The number of hydrogen-bond acceptors (Lipinski definition) is 5. The molecule has 9 heteroatoms. The van der Waals surface area contributed by atoms with Gasteiger partial charge in [-0.1, -0.05) is 23.2 Å². The Kier molecular flexibility index (Phi) is 4.56. The average Bonchev–Trinajstić information content (AvgIpc) is 3.37. The van der Waals surface area contributed by atoms with Gasteiger partial charge in [0.15, 0.2) is 17.0 Å². The summed E-state index contributed by atoms with van der Waals surface area (Å²) >= 11 is 0. The molecule has 6 nitrogen and oxygen atoms in total. The molecule has 0 spiro atoms. The number of rotatable bonds is 2. The van der Waals surface area contributed by atoms with E-state index in [0.29, 0.717) is 33.7 Å². The largest absolute Gasteiger partial charge is 0.416 e. The maximum atomic E-state index is 13.0. The molecule has 0 saturated heterocycles. The fraction of sp³-hybridized carbons (Fsp3) is 0.0870. The van der Waals surface area contributed by atoms with Crippen LogP contribution in [-0.4, -0.2) is 19.8 Å². The number of fused-ring (bicyclic) bond motifs is 2. The molecule has 0 aliphatic heterocycles. The Labute approximate surface area is 179 Å². The molecule has 0 fully saturated rings. The number of anilines is 2. The van der Waals surface area contributed by atoms with Crippen molar-refractivity contribution in [2.45, 2.75) is 13.1 Å². The molecule has 5 aromatic rings. The van der Waals surface area contributed by atoms with Gasteiger partial charge >= 0.3 is 6.18 Å². The fourth-order valence-electron chi connectivity index (χ4n) is 3.30. The van der Waals surface area contributed by atoms with Crippen LogP contribution in [0.5, 0.6) is 0 Å². The molecule has 0 radical (unpaired) electrons. The summed E-state index contributed by atoms with van der Waals surface area (Å²) < 4.78 is 46.2. The van der Waals surface area contributed by atoms with Crippen LogP contribution in [0, 0.1) is 18.8 Å². The number of benzene rings is 2. The molecule has 32 heavy (non-hydrogen) atoms. The van der Waals surface area contributed by atoms with Crippen molar-refractivity contribution in [1.29, 1.82) is 0 Å². The highest BCUT2D eigenvalue weighted by molar-refractivity contribution is 5.94. The van der Waals surface area contributed by atoms with Gasteiger partial charge in [-0.25, -0.2) is 9.50 Å². The third-order valence-electron chi connectivity index (χ3n) is 4.90. The Balaban J connectivity index is 1.53. The Bertz CT molecular complexity index is 1520. The minimum atomic E-state index is -4.43. The van der Waals surface area contributed by atoms with Crippen molar-refractivity contribution < 1.29 is 17.7 Å². The third-order valence-corrected chi connectivity index (χ3v) is 4.90. The molecule has 0 aliphatic rings. The van der Waals surface area contributed by atoms with Gasteiger partial charge < -0.3 is 9.84 Å². The lowest BCUT2D eigenvalue weighted by Gasteiger charge is -2.09. The summed E-state index contributed by atoms with van der Waals surface area (Å²) in [5.41, 5.74) is 2.72. The van der Waals surface area contributed by atoms with Gasteiger partial charge in [0.2, 0.25) is 0 Å². The van der Waals surface area contributed by atoms with E-state index < -0.39 is 11.7 Å². The Morgan fingerprint density at radius 2 is 1.94 bits per heavy atom. The van der Waals surface area contributed by atoms with Crippen LogP contribution < -0.4 is 5.32 Å². The molecule has 5 rings (SSSR count). The van der Waals surface area contributed by atoms with Crippen LogP contribution >= 0.6 is 0 Å². The number of halogens is 3. The first-order chi connectivity index (χ1) is 15.4. The second-order valence-electron chi connectivity index (χ2n) is 7.06. The highest BCUT2D eigenvalue weighted by Gasteiger charge is 2.30. The molecule has 0 unspecified atom stereocenters. The molecule has 2 aromatic carbocycles. The lowest BCUT2D eigenvalue weighted by molar-refractivity contribution is -0.137. The predicted molar refractivity (Wildman–Crippen MR) is 112 cm³/mol. The van der Waals surface area contributed by atoms with Crippen molar-refractivity contribution in [3.05, 3.63) is 83.3 Å². The van der Waals surface area contributed by atoms with Gasteiger partial charge in [-0.3, -0.25) is 0 Å². The Morgan fingerprint density at radius 1 is 1.06 bits per heavy atom. The predicted octanol–water partition coefficient (Wildman–Crippen LogP) is 5.34. The molecule has 3 heterocycles. The standard InChI is InChI=1S/C23H14F3N5O/c1-14-7-9-19-21(18(14)10-8-17-13-27-20-6-3-11-28-31(17)20)32-30-22(19)29-16-5-2-4-15(12-16)23(24,25)26/h2-7,9,11-13H,1H3,(H,29,30). The number of aryl methyl sites for hydroxylation is 1. The van der Waals surface area contributed by atoms with Crippen molar-refractivity contribution in [2.24, 2.45) is 0 Å². The highest BCUT2D eigenvalue weighted by atomic mass is 19.4. The summed E-state index contributed by atoms with van der Waals surface area (Å²) in [5.74, 6) is 6.45. The zero-order valence-electron chi connectivity index (χ0n) is 16.6. The summed E-state index contributed by atoms with van der Waals surface area (Å²) in [6.45, 7) is 1.89. The van der Waals surface area contributed by atoms with E-state index in [1.807, 2.05) is 19.1 Å². The maximum Gasteiger partial charge on any atom is 0.416 e. The normalized spacial score (nSPS) is 11.5. The molecule has 3 aromatic heterocycles. The molecule has 158 valence electrons. The Morgan fingerprint density at radius 3 is 2.78 bits per heavy atom. The van der Waals surface area contributed by atoms with Crippen LogP contribution in [0.15, 0.2) is 65.4 Å². The topological polar surface area (TPSA) is 68.2 Å². The van der Waals surface area contributed by atoms with Gasteiger partial charge in [0.25, 0.3) is 0 Å². The molecule has 1 N–H and O–H groups in total. The smallest absolute Gasteiger partial charge is 0.353 e. The second-order valence-corrected chi connectivity index (χ2v) is 7.06. The van der Waals surface area contributed by atoms with Crippen molar-refractivity contribution in [2.75, 3.05) is 5.32 Å². The van der Waals surface area contributed by atoms with Crippen LogP contribution in [0.3, 0.4) is 0 Å². The van der Waals surface area contributed by atoms with Gasteiger partial charge in [0, 0.05) is 11.9 Å². The van der Waals surface area contributed by atoms with E-state index in [2.05, 4.69) is 32.4 Å². The van der Waals surface area contributed by atoms with E-state index in [4.69, 9.17) is 4.52 Å². The van der Waals surface area contributed by atoms with E-state index in [1.54, 1.807) is 29.0 Å². The van der Waals surface area contributed by atoms with Crippen LogP contribution in [0.25, 0.3) is 16.6 Å². The number of alkyl halides is 3. The number of hydrogen-bond donors (Lipinski definition) is 1. The van der Waals surface area contributed by atoms with Gasteiger partial charge in [0.1, 0.15) is 5.69 Å². The maximum absolute atomic E-state index is 13.0. The van der Waals surface area contributed by atoms with Crippen LogP contribution in [0.1, 0.15) is 22.4 Å². The van der Waals surface area contributed by atoms with E-state index >= 15 is 0 Å². The summed E-state index contributed by atoms with van der Waals surface area (Å²) in [6.07, 6.45) is -1.16. The lowest BCUT2D eigenvalue weighted by Crippen LogP contribution is -2.05. The molecule has 0 bridgehead atoms. The molecule has 0 amide bonds. The number of nitrogens with one attached hydrogen (secondary N) is 1. The third kappa shape index (κ3) is 3.52. The van der Waals surface area contributed by atoms with Gasteiger partial charge in [0.05, 0.1) is 22.7 Å². The molecular formula is C23H14F3N5O. The highest BCUT2D eigenvalue weighted by Crippen LogP contribution is 2.33. The van der Waals surface area contributed by atoms with Gasteiger partial charge in [-0.15, -0.1) is 0 Å². The molecular weight excluding hydrogens is 419 g/mol. The monoisotopic (exact) mass is 433 g/mol. The quantitative estimate of drug-likeness (QED) is 0.381. The first-order valence-corrected chi connectivity index (χ1v) is 9.54. The Hall–Kier alpha value is -4.32. The van der Waals surface area contributed by atoms with E-state index in [1.165, 1.54) is 12.1 Å². The van der Waals surface area contributed by atoms with E-state index in [0.717, 1.165) is 17.7 Å². The first kappa shape index (κ1) is 19.6. The minimum Gasteiger partial charge on any atom is -0.353 e. The van der Waals surface area contributed by atoms with Crippen molar-refractivity contribution in [3.63, 3.8) is 0 Å². The first-order valence-electron chi connectivity index (χ1n) is 9.54. The van der Waals surface area contributed by atoms with E-state index in [9.17, 15) is 13.2 Å². The zero-order valence-corrected chi connectivity index (χ0v) is 16.6. The van der Waals surface area contributed by atoms with Crippen LogP contribution in [-0.2, 0) is 6.18 Å². The number of nitrogens with zero attached hydrogens (tertiary/aromatic N) is 4. The number of imidazole rings is 1. The molecule has 0 aliphatic carbocycles. The van der Waals surface area contributed by atoms with Gasteiger partial charge in [-0.2, -0.15) is 18.3 Å². The summed E-state index contributed by atoms with van der Waals surface area (Å²) in [5, 5.41) is 11.8. The summed E-state index contributed by atoms with van der Waals surface area (Å²) in [6, 6.07) is 12.2. The zero-order chi connectivity index (χ0) is 22.3. The number of aromatic nitrogens is 4. The minimum absolute atomic E-state index is 0.250.